The number of amides is 1. The Morgan fingerprint density at radius 2 is 2.03 bits per heavy atom. The molecule has 0 aliphatic heterocycles. The van der Waals surface area contributed by atoms with Crippen molar-refractivity contribution in [3.8, 4) is 5.69 Å². The molecule has 0 aliphatic rings. The highest BCUT2D eigenvalue weighted by Crippen LogP contribution is 2.18. The van der Waals surface area contributed by atoms with Crippen molar-refractivity contribution in [2.24, 2.45) is 0 Å². The normalized spacial score (nSPS) is 11.1. The SMILES string of the molecule is Cc1cc(NC(=O)Cn2c(=O)n(-c3ccc(F)cc3C)c(=O)c3sccc32)no1. The van der Waals surface area contributed by atoms with E-state index in [9.17, 15) is 18.8 Å². The molecule has 3 heterocycles. The molecule has 0 spiro atoms. The minimum atomic E-state index is -0.693. The zero-order valence-electron chi connectivity index (χ0n) is 15.4. The number of benzene rings is 1. The highest BCUT2D eigenvalue weighted by atomic mass is 32.1. The lowest BCUT2D eigenvalue weighted by Gasteiger charge is -2.13. The van der Waals surface area contributed by atoms with Crippen LogP contribution in [0.1, 0.15) is 11.3 Å². The monoisotopic (exact) mass is 414 g/mol. The maximum Gasteiger partial charge on any atom is 0.336 e. The van der Waals surface area contributed by atoms with Crippen molar-refractivity contribution in [1.82, 2.24) is 14.3 Å². The van der Waals surface area contributed by atoms with E-state index in [0.29, 0.717) is 21.5 Å². The van der Waals surface area contributed by atoms with E-state index in [2.05, 4.69) is 10.5 Å². The minimum absolute atomic E-state index is 0.227. The second kappa shape index (κ2) is 7.13. The number of thiophene rings is 1. The van der Waals surface area contributed by atoms with Crippen LogP contribution >= 0.6 is 11.3 Å². The fraction of sp³-hybridized carbons (Fsp3) is 0.158. The van der Waals surface area contributed by atoms with Crippen LogP contribution in [0.5, 0.6) is 0 Å². The molecule has 0 saturated carbocycles. The van der Waals surface area contributed by atoms with Gasteiger partial charge >= 0.3 is 5.69 Å². The number of aromatic nitrogens is 3. The van der Waals surface area contributed by atoms with Gasteiger partial charge in [-0.3, -0.25) is 14.2 Å². The highest BCUT2D eigenvalue weighted by Gasteiger charge is 2.19. The molecule has 0 bridgehead atoms. The predicted molar refractivity (Wildman–Crippen MR) is 106 cm³/mol. The molecule has 0 saturated heterocycles. The molecule has 148 valence electrons. The summed E-state index contributed by atoms with van der Waals surface area (Å²) in [5.74, 6) is -0.226. The molecule has 4 aromatic rings. The smallest absolute Gasteiger partial charge is 0.336 e. The van der Waals surface area contributed by atoms with Gasteiger partial charge in [-0.15, -0.1) is 11.3 Å². The summed E-state index contributed by atoms with van der Waals surface area (Å²) in [4.78, 5) is 38.5. The number of fused-ring (bicyclic) bond motifs is 1. The predicted octanol–water partition coefficient (Wildman–Crippen LogP) is 2.60. The van der Waals surface area contributed by atoms with E-state index in [1.54, 1.807) is 31.4 Å². The van der Waals surface area contributed by atoms with Crippen LogP contribution in [0.25, 0.3) is 15.9 Å². The number of carbonyl (C=O) groups is 1. The molecular weight excluding hydrogens is 399 g/mol. The molecule has 3 aromatic heterocycles. The summed E-state index contributed by atoms with van der Waals surface area (Å²) < 4.78 is 20.9. The Kier molecular flexibility index (Phi) is 4.63. The van der Waals surface area contributed by atoms with Gasteiger partial charge in [0, 0.05) is 6.07 Å². The van der Waals surface area contributed by atoms with E-state index < -0.39 is 23.0 Å². The van der Waals surface area contributed by atoms with E-state index in [1.807, 2.05) is 0 Å². The van der Waals surface area contributed by atoms with Crippen LogP contribution in [-0.4, -0.2) is 20.2 Å². The Bertz CT molecular complexity index is 1360. The van der Waals surface area contributed by atoms with Gasteiger partial charge < -0.3 is 9.84 Å². The maximum atomic E-state index is 13.5. The van der Waals surface area contributed by atoms with Gasteiger partial charge in [0.15, 0.2) is 5.82 Å². The van der Waals surface area contributed by atoms with Gasteiger partial charge in [0.1, 0.15) is 22.8 Å². The number of halogens is 1. The molecule has 0 aliphatic carbocycles. The number of hydrogen-bond acceptors (Lipinski definition) is 6. The first-order valence-corrected chi connectivity index (χ1v) is 9.46. The van der Waals surface area contributed by atoms with Gasteiger partial charge in [0.05, 0.1) is 11.2 Å². The second-order valence-corrected chi connectivity index (χ2v) is 7.36. The summed E-state index contributed by atoms with van der Waals surface area (Å²) in [6.07, 6.45) is 0. The first-order valence-electron chi connectivity index (χ1n) is 8.58. The molecule has 0 atom stereocenters. The van der Waals surface area contributed by atoms with Crippen LogP contribution in [0.15, 0.2) is 49.8 Å². The molecule has 0 radical (unpaired) electrons. The van der Waals surface area contributed by atoms with Gasteiger partial charge in [0.25, 0.3) is 5.56 Å². The Hall–Kier alpha value is -3.53. The quantitative estimate of drug-likeness (QED) is 0.553. The molecule has 0 unspecified atom stereocenters. The molecule has 1 N–H and O–H groups in total. The van der Waals surface area contributed by atoms with Crippen molar-refractivity contribution in [2.75, 3.05) is 5.32 Å². The molecule has 0 fully saturated rings. The number of anilines is 1. The fourth-order valence-electron chi connectivity index (χ4n) is 3.07. The van der Waals surface area contributed by atoms with Gasteiger partial charge in [-0.25, -0.2) is 13.8 Å². The van der Waals surface area contributed by atoms with Crippen LogP contribution in [-0.2, 0) is 11.3 Å². The number of nitrogens with zero attached hydrogens (tertiary/aromatic N) is 3. The van der Waals surface area contributed by atoms with Gasteiger partial charge in [-0.1, -0.05) is 5.16 Å². The summed E-state index contributed by atoms with van der Waals surface area (Å²) in [7, 11) is 0. The third-order valence-corrected chi connectivity index (χ3v) is 5.24. The molecule has 29 heavy (non-hydrogen) atoms. The first-order chi connectivity index (χ1) is 13.8. The average molecular weight is 414 g/mol. The zero-order chi connectivity index (χ0) is 20.7. The molecule has 4 rings (SSSR count). The van der Waals surface area contributed by atoms with Crippen LogP contribution in [0, 0.1) is 19.7 Å². The van der Waals surface area contributed by atoms with Crippen molar-refractivity contribution in [3.63, 3.8) is 0 Å². The lowest BCUT2D eigenvalue weighted by atomic mass is 10.2. The third-order valence-electron chi connectivity index (χ3n) is 4.35. The summed E-state index contributed by atoms with van der Waals surface area (Å²) in [5.41, 5.74) is -0.166. The summed E-state index contributed by atoms with van der Waals surface area (Å²) in [6, 6.07) is 6.94. The fourth-order valence-corrected chi connectivity index (χ4v) is 3.90. The Labute approximate surface area is 166 Å². The van der Waals surface area contributed by atoms with Crippen molar-refractivity contribution < 1.29 is 13.7 Å². The summed E-state index contributed by atoms with van der Waals surface area (Å²) in [5, 5.41) is 7.91. The molecule has 1 aromatic carbocycles. The Morgan fingerprint density at radius 1 is 1.24 bits per heavy atom. The van der Waals surface area contributed by atoms with Crippen LogP contribution in [0.2, 0.25) is 0 Å². The number of carbonyl (C=O) groups excluding carboxylic acids is 1. The topological polar surface area (TPSA) is 99.1 Å². The molecule has 8 nitrogen and oxygen atoms in total. The first kappa shape index (κ1) is 18.8. The van der Waals surface area contributed by atoms with Gasteiger partial charge in [-0.05, 0) is 49.1 Å². The molecular formula is C19H15FN4O4S. The average Bonchev–Trinajstić information content (AvgIpc) is 3.30. The summed E-state index contributed by atoms with van der Waals surface area (Å²) >= 11 is 1.16. The molecule has 1 amide bonds. The number of aryl methyl sites for hydroxylation is 2. The van der Waals surface area contributed by atoms with Crippen LogP contribution in [0.4, 0.5) is 10.2 Å². The number of hydrogen-bond donors (Lipinski definition) is 1. The minimum Gasteiger partial charge on any atom is -0.360 e. The van der Waals surface area contributed by atoms with Crippen molar-refractivity contribution in [2.45, 2.75) is 20.4 Å². The standard InChI is InChI=1S/C19H15FN4O4S/c1-10-7-12(20)3-4-13(10)24-18(26)17-14(5-6-29-17)23(19(24)27)9-16(25)21-15-8-11(2)28-22-15/h3-8H,9H2,1-2H3,(H,21,22,25). The van der Waals surface area contributed by atoms with Crippen molar-refractivity contribution >= 4 is 33.3 Å². The van der Waals surface area contributed by atoms with Gasteiger partial charge in [0.2, 0.25) is 5.91 Å². The Balaban J connectivity index is 1.84. The zero-order valence-corrected chi connectivity index (χ0v) is 16.2. The van der Waals surface area contributed by atoms with E-state index in [0.717, 1.165) is 15.9 Å². The van der Waals surface area contributed by atoms with Crippen molar-refractivity contribution in [3.05, 3.63) is 73.7 Å². The van der Waals surface area contributed by atoms with E-state index in [4.69, 9.17) is 4.52 Å². The number of nitrogens with one attached hydrogen (secondary N) is 1. The third kappa shape index (κ3) is 3.38. The van der Waals surface area contributed by atoms with Crippen LogP contribution in [0.3, 0.4) is 0 Å². The highest BCUT2D eigenvalue weighted by molar-refractivity contribution is 7.17. The lowest BCUT2D eigenvalue weighted by molar-refractivity contribution is -0.116. The summed E-state index contributed by atoms with van der Waals surface area (Å²) in [6.45, 7) is 2.95. The number of rotatable bonds is 4. The van der Waals surface area contributed by atoms with E-state index in [1.165, 1.54) is 22.8 Å². The Morgan fingerprint density at radius 3 is 2.72 bits per heavy atom. The second-order valence-electron chi connectivity index (χ2n) is 6.45. The van der Waals surface area contributed by atoms with Crippen molar-refractivity contribution in [1.29, 1.82) is 0 Å². The van der Waals surface area contributed by atoms with Crippen LogP contribution < -0.4 is 16.6 Å². The largest absolute Gasteiger partial charge is 0.360 e. The van der Waals surface area contributed by atoms with E-state index in [-0.39, 0.29) is 18.1 Å². The van der Waals surface area contributed by atoms with Gasteiger partial charge in [-0.2, -0.15) is 0 Å². The lowest BCUT2D eigenvalue weighted by Crippen LogP contribution is -2.40. The molecule has 10 heteroatoms. The maximum absolute atomic E-state index is 13.5. The van der Waals surface area contributed by atoms with E-state index >= 15 is 0 Å².